The monoisotopic (exact) mass is 210 g/mol. The number of carboxylic acids is 1. The normalized spacial score (nSPS) is 12.1. The first-order valence-corrected chi connectivity index (χ1v) is 4.80. The second-order valence-corrected chi connectivity index (χ2v) is 3.20. The summed E-state index contributed by atoms with van der Waals surface area (Å²) in [6.07, 6.45) is 0.738. The zero-order chi connectivity index (χ0) is 11.3. The Bertz CT molecular complexity index is 335. The average molecular weight is 210 g/mol. The molecule has 0 radical (unpaired) electrons. The zero-order valence-electron chi connectivity index (χ0n) is 8.77. The molecule has 1 rings (SSSR count). The largest absolute Gasteiger partial charge is 0.478 e. The summed E-state index contributed by atoms with van der Waals surface area (Å²) in [5.41, 5.74) is 0.0980. The van der Waals surface area contributed by atoms with Crippen LogP contribution in [0.1, 0.15) is 30.6 Å². The van der Waals surface area contributed by atoms with Crippen LogP contribution in [0.25, 0.3) is 0 Å². The number of hydrogen-bond acceptors (Lipinski definition) is 3. The van der Waals surface area contributed by atoms with Crippen molar-refractivity contribution in [1.82, 2.24) is 0 Å². The van der Waals surface area contributed by atoms with Crippen molar-refractivity contribution in [2.45, 2.75) is 26.4 Å². The van der Waals surface area contributed by atoms with Crippen molar-refractivity contribution < 1.29 is 19.7 Å². The summed E-state index contributed by atoms with van der Waals surface area (Å²) in [6.45, 7) is 3.81. The number of aromatic carboxylic acids is 1. The molecule has 0 heterocycles. The van der Waals surface area contributed by atoms with Crippen molar-refractivity contribution in [3.63, 3.8) is 0 Å². The summed E-state index contributed by atoms with van der Waals surface area (Å²) >= 11 is 0. The van der Waals surface area contributed by atoms with E-state index in [-0.39, 0.29) is 17.4 Å². The second kappa shape index (κ2) is 5.36. The van der Waals surface area contributed by atoms with Crippen LogP contribution in [-0.2, 0) is 4.89 Å². The van der Waals surface area contributed by atoms with E-state index in [9.17, 15) is 4.79 Å². The van der Waals surface area contributed by atoms with E-state index < -0.39 is 5.97 Å². The Labute approximate surface area is 88.4 Å². The molecule has 1 N–H and O–H groups in total. The molecule has 1 aromatic rings. The Morgan fingerprint density at radius 3 is 2.73 bits per heavy atom. The minimum Gasteiger partial charge on any atom is -0.478 e. The van der Waals surface area contributed by atoms with Gasteiger partial charge in [0.2, 0.25) is 0 Å². The highest BCUT2D eigenvalue weighted by Gasteiger charge is 2.11. The number of carboxylic acid groups (broad SMARTS) is 1. The highest BCUT2D eigenvalue weighted by molar-refractivity contribution is 5.90. The van der Waals surface area contributed by atoms with Crippen LogP contribution in [0.15, 0.2) is 24.3 Å². The predicted octanol–water partition coefficient (Wildman–Crippen LogP) is 2.49. The Hall–Kier alpha value is -1.55. The third-order valence-corrected chi connectivity index (χ3v) is 1.99. The third kappa shape index (κ3) is 3.25. The van der Waals surface area contributed by atoms with Gasteiger partial charge in [-0.15, -0.1) is 0 Å². The zero-order valence-corrected chi connectivity index (χ0v) is 8.77. The molecule has 1 aromatic carbocycles. The van der Waals surface area contributed by atoms with E-state index in [1.807, 2.05) is 13.8 Å². The van der Waals surface area contributed by atoms with Gasteiger partial charge >= 0.3 is 5.97 Å². The van der Waals surface area contributed by atoms with Crippen LogP contribution < -0.4 is 4.89 Å². The van der Waals surface area contributed by atoms with E-state index in [0.29, 0.717) is 0 Å². The summed E-state index contributed by atoms with van der Waals surface area (Å²) in [5, 5.41) is 8.85. The first-order valence-electron chi connectivity index (χ1n) is 4.80. The maximum Gasteiger partial charge on any atom is 0.339 e. The van der Waals surface area contributed by atoms with Gasteiger partial charge in [0.15, 0.2) is 5.75 Å². The molecule has 1 atom stereocenters. The van der Waals surface area contributed by atoms with Gasteiger partial charge in [-0.3, -0.25) is 0 Å². The molecule has 1 unspecified atom stereocenters. The minimum absolute atomic E-state index is 0.0631. The summed E-state index contributed by atoms with van der Waals surface area (Å²) in [7, 11) is 0. The molecule has 4 heteroatoms. The molecule has 0 aliphatic rings. The molecular formula is C11H14O4. The Morgan fingerprint density at radius 1 is 1.47 bits per heavy atom. The SMILES string of the molecule is CCC(C)OOc1ccccc1C(=O)O. The molecule has 0 amide bonds. The Balaban J connectivity index is 2.72. The number of hydrogen-bond donors (Lipinski definition) is 1. The first-order chi connectivity index (χ1) is 7.15. The summed E-state index contributed by atoms with van der Waals surface area (Å²) in [5.74, 6) is -0.802. The highest BCUT2D eigenvalue weighted by atomic mass is 17.2. The second-order valence-electron chi connectivity index (χ2n) is 3.20. The van der Waals surface area contributed by atoms with Crippen molar-refractivity contribution in [2.75, 3.05) is 0 Å². The lowest BCUT2D eigenvalue weighted by molar-refractivity contribution is -0.240. The lowest BCUT2D eigenvalue weighted by atomic mass is 10.2. The molecule has 0 bridgehead atoms. The Kier molecular flexibility index (Phi) is 4.12. The molecule has 0 aliphatic heterocycles. The topological polar surface area (TPSA) is 55.8 Å². The van der Waals surface area contributed by atoms with E-state index in [2.05, 4.69) is 0 Å². The lowest BCUT2D eigenvalue weighted by Gasteiger charge is -2.11. The number of para-hydroxylation sites is 1. The molecule has 0 fully saturated rings. The molecule has 0 saturated heterocycles. The lowest BCUT2D eigenvalue weighted by Crippen LogP contribution is -2.11. The third-order valence-electron chi connectivity index (χ3n) is 1.99. The van der Waals surface area contributed by atoms with Crippen molar-refractivity contribution in [1.29, 1.82) is 0 Å². The fraction of sp³-hybridized carbons (Fsp3) is 0.364. The van der Waals surface area contributed by atoms with Gasteiger partial charge in [0.05, 0.1) is 0 Å². The van der Waals surface area contributed by atoms with Crippen LogP contribution in [0, 0.1) is 0 Å². The van der Waals surface area contributed by atoms with E-state index in [1.165, 1.54) is 6.07 Å². The molecule has 15 heavy (non-hydrogen) atoms. The van der Waals surface area contributed by atoms with Gasteiger partial charge < -0.3 is 9.99 Å². The quantitative estimate of drug-likeness (QED) is 0.599. The standard InChI is InChI=1S/C11H14O4/c1-3-8(2)14-15-10-7-5-4-6-9(10)11(12)13/h4-8H,3H2,1-2H3,(H,12,13). The molecule has 4 nitrogen and oxygen atoms in total. The summed E-state index contributed by atoms with van der Waals surface area (Å²) in [4.78, 5) is 20.8. The van der Waals surface area contributed by atoms with Crippen molar-refractivity contribution in [3.05, 3.63) is 29.8 Å². The molecule has 0 spiro atoms. The van der Waals surface area contributed by atoms with Gasteiger partial charge in [0.1, 0.15) is 11.7 Å². The van der Waals surface area contributed by atoms with Crippen LogP contribution in [0.3, 0.4) is 0 Å². The molecule has 82 valence electrons. The average Bonchev–Trinajstić information content (AvgIpc) is 2.26. The van der Waals surface area contributed by atoms with Crippen LogP contribution in [0.5, 0.6) is 5.75 Å². The van der Waals surface area contributed by atoms with Crippen LogP contribution in [0.2, 0.25) is 0 Å². The van der Waals surface area contributed by atoms with Gasteiger partial charge in [-0.1, -0.05) is 19.1 Å². The molecular weight excluding hydrogens is 196 g/mol. The summed E-state index contributed by atoms with van der Waals surface area (Å²) in [6, 6.07) is 6.37. The van der Waals surface area contributed by atoms with Gasteiger partial charge in [-0.25, -0.2) is 4.79 Å². The van der Waals surface area contributed by atoms with Crippen molar-refractivity contribution in [3.8, 4) is 5.75 Å². The first kappa shape index (κ1) is 11.5. The van der Waals surface area contributed by atoms with E-state index in [4.69, 9.17) is 14.9 Å². The molecule has 0 saturated carbocycles. The number of benzene rings is 1. The van der Waals surface area contributed by atoms with Gasteiger partial charge in [0.25, 0.3) is 0 Å². The van der Waals surface area contributed by atoms with Gasteiger partial charge in [-0.05, 0) is 25.5 Å². The Morgan fingerprint density at radius 2 is 2.13 bits per heavy atom. The predicted molar refractivity (Wildman–Crippen MR) is 54.9 cm³/mol. The maximum atomic E-state index is 10.8. The van der Waals surface area contributed by atoms with Crippen LogP contribution in [-0.4, -0.2) is 17.2 Å². The van der Waals surface area contributed by atoms with E-state index in [1.54, 1.807) is 18.2 Å². The summed E-state index contributed by atoms with van der Waals surface area (Å²) < 4.78 is 0. The van der Waals surface area contributed by atoms with Crippen molar-refractivity contribution >= 4 is 5.97 Å². The van der Waals surface area contributed by atoms with E-state index in [0.717, 1.165) is 6.42 Å². The smallest absolute Gasteiger partial charge is 0.339 e. The van der Waals surface area contributed by atoms with Crippen LogP contribution in [0.4, 0.5) is 0 Å². The minimum atomic E-state index is -1.03. The number of rotatable bonds is 5. The fourth-order valence-corrected chi connectivity index (χ4v) is 0.918. The van der Waals surface area contributed by atoms with Gasteiger partial charge in [-0.2, -0.15) is 4.89 Å². The van der Waals surface area contributed by atoms with Gasteiger partial charge in [0, 0.05) is 0 Å². The van der Waals surface area contributed by atoms with E-state index >= 15 is 0 Å². The fourth-order valence-electron chi connectivity index (χ4n) is 0.918. The van der Waals surface area contributed by atoms with Crippen LogP contribution >= 0.6 is 0 Å². The maximum absolute atomic E-state index is 10.8. The van der Waals surface area contributed by atoms with Crippen molar-refractivity contribution in [2.24, 2.45) is 0 Å². The highest BCUT2D eigenvalue weighted by Crippen LogP contribution is 2.18. The molecule has 0 aromatic heterocycles. The molecule has 0 aliphatic carbocycles. The number of carbonyl (C=O) groups is 1.